The molecule has 0 spiro atoms. The van der Waals surface area contributed by atoms with Crippen molar-refractivity contribution in [2.75, 3.05) is 0 Å². The normalized spacial score (nSPS) is 19.0. The molecule has 0 bridgehead atoms. The zero-order chi connectivity index (χ0) is 43.2. The summed E-state index contributed by atoms with van der Waals surface area (Å²) < 4.78 is 11.8. The fraction of sp³-hybridized carbons (Fsp3) is 0.153. The van der Waals surface area contributed by atoms with E-state index in [1.807, 2.05) is 6.07 Å². The van der Waals surface area contributed by atoms with E-state index in [9.17, 15) is 0 Å². The van der Waals surface area contributed by atoms with Crippen molar-refractivity contribution in [2.45, 2.75) is 51.6 Å². The van der Waals surface area contributed by atoms with Crippen molar-refractivity contribution in [1.82, 2.24) is 14.5 Å². The molecule has 6 nitrogen and oxygen atoms in total. The molecule has 2 atom stereocenters. The second kappa shape index (κ2) is 14.7. The molecule has 1 aliphatic heterocycles. The Bertz CT molecular complexity index is 3740. The minimum atomic E-state index is -0.859. The van der Waals surface area contributed by atoms with Crippen LogP contribution in [0.4, 0.5) is 0 Å². The van der Waals surface area contributed by atoms with Crippen molar-refractivity contribution in [3.63, 3.8) is 0 Å². The van der Waals surface area contributed by atoms with Crippen molar-refractivity contribution >= 4 is 88.6 Å². The van der Waals surface area contributed by atoms with Crippen molar-refractivity contribution in [3.05, 3.63) is 193 Å². The molecule has 0 saturated heterocycles. The molecule has 2 unspecified atom stereocenters. The van der Waals surface area contributed by atoms with Crippen LogP contribution in [-0.2, 0) is 5.66 Å². The third-order valence-corrected chi connectivity index (χ3v) is 14.2. The first-order valence-corrected chi connectivity index (χ1v) is 23.1. The first kappa shape index (κ1) is 37.8. The number of rotatable bonds is 5. The molecule has 3 aliphatic rings. The van der Waals surface area contributed by atoms with Crippen LogP contribution in [0.1, 0.15) is 62.6 Å². The molecular weight excluding hydrogens is 795 g/mol. The highest BCUT2D eigenvalue weighted by Gasteiger charge is 2.34. The van der Waals surface area contributed by atoms with E-state index in [-0.39, 0.29) is 0 Å². The Kier molecular flexibility index (Phi) is 8.54. The average Bonchev–Trinajstić information content (AvgIpc) is 4.02. The van der Waals surface area contributed by atoms with Gasteiger partial charge in [0.2, 0.25) is 5.96 Å². The summed E-state index contributed by atoms with van der Waals surface area (Å²) in [6.07, 6.45) is 14.9. The molecule has 0 amide bonds. The maximum Gasteiger partial charge on any atom is 0.234 e. The number of para-hydroxylation sites is 3. The highest BCUT2D eigenvalue weighted by molar-refractivity contribution is 6.29. The maximum absolute atomic E-state index is 6.98. The van der Waals surface area contributed by atoms with Crippen molar-refractivity contribution < 1.29 is 4.42 Å². The molecule has 6 heteroatoms. The Balaban J connectivity index is 1.09. The summed E-state index contributed by atoms with van der Waals surface area (Å²) in [4.78, 5) is 11.1. The van der Waals surface area contributed by atoms with Gasteiger partial charge >= 0.3 is 0 Å². The molecule has 7 aromatic carbocycles. The van der Waals surface area contributed by atoms with Crippen LogP contribution in [0.15, 0.2) is 190 Å². The summed E-state index contributed by atoms with van der Waals surface area (Å²) in [5.41, 5.74) is 13.6. The van der Waals surface area contributed by atoms with Gasteiger partial charge in [-0.1, -0.05) is 146 Å². The molecule has 0 radical (unpaired) electrons. The fourth-order valence-corrected chi connectivity index (χ4v) is 10.9. The van der Waals surface area contributed by atoms with Crippen molar-refractivity contribution in [2.24, 2.45) is 15.9 Å². The smallest absolute Gasteiger partial charge is 0.234 e. The summed E-state index contributed by atoms with van der Waals surface area (Å²) in [7, 11) is 0. The largest absolute Gasteiger partial charge is 0.454 e. The molecule has 4 heterocycles. The molecule has 13 rings (SSSR count). The predicted molar refractivity (Wildman–Crippen MR) is 272 cm³/mol. The van der Waals surface area contributed by atoms with Gasteiger partial charge in [-0.25, -0.2) is 4.99 Å². The van der Waals surface area contributed by atoms with Gasteiger partial charge in [0.25, 0.3) is 0 Å². The predicted octanol–water partition coefficient (Wildman–Crippen LogP) is 15.0. The lowest BCUT2D eigenvalue weighted by atomic mass is 9.87. The highest BCUT2D eigenvalue weighted by atomic mass is 16.3. The molecule has 0 saturated carbocycles. The third-order valence-electron chi connectivity index (χ3n) is 14.2. The number of nitrogens with zero attached hydrogens (tertiary/aromatic N) is 4. The van der Waals surface area contributed by atoms with Crippen LogP contribution in [0, 0.1) is 5.92 Å². The molecule has 1 N–H and O–H groups in total. The van der Waals surface area contributed by atoms with E-state index in [0.717, 1.165) is 91.1 Å². The molecule has 10 aromatic rings. The van der Waals surface area contributed by atoms with Gasteiger partial charge in [0.05, 0.1) is 16.6 Å². The van der Waals surface area contributed by atoms with Crippen LogP contribution >= 0.6 is 0 Å². The lowest BCUT2D eigenvalue weighted by molar-refractivity contribution is 0.452. The first-order chi connectivity index (χ1) is 32.0. The second-order valence-corrected chi connectivity index (χ2v) is 18.2. The molecule has 0 fully saturated rings. The van der Waals surface area contributed by atoms with E-state index >= 15 is 0 Å². The Labute approximate surface area is 377 Å². The first-order valence-electron chi connectivity index (χ1n) is 23.1. The number of nitrogens with one attached hydrogen (secondary N) is 1. The lowest BCUT2D eigenvalue weighted by Gasteiger charge is -2.33. The quantitative estimate of drug-likeness (QED) is 0.188. The molecule has 2 aliphatic carbocycles. The minimum absolute atomic E-state index is 0.465. The minimum Gasteiger partial charge on any atom is -0.454 e. The van der Waals surface area contributed by atoms with E-state index < -0.39 is 5.66 Å². The maximum atomic E-state index is 6.98. The Morgan fingerprint density at radius 2 is 1.38 bits per heavy atom. The van der Waals surface area contributed by atoms with Gasteiger partial charge in [-0.3, -0.25) is 4.57 Å². The van der Waals surface area contributed by atoms with E-state index in [1.54, 1.807) is 0 Å². The van der Waals surface area contributed by atoms with Gasteiger partial charge in [0, 0.05) is 43.6 Å². The van der Waals surface area contributed by atoms with E-state index in [4.69, 9.17) is 14.4 Å². The zero-order valence-corrected chi connectivity index (χ0v) is 36.6. The highest BCUT2D eigenvalue weighted by Crippen LogP contribution is 2.46. The summed E-state index contributed by atoms with van der Waals surface area (Å²) in [6.45, 7) is 4.46. The number of amidine groups is 1. The zero-order valence-electron chi connectivity index (χ0n) is 36.6. The fourth-order valence-electron chi connectivity index (χ4n) is 10.9. The summed E-state index contributed by atoms with van der Waals surface area (Å²) >= 11 is 0. The summed E-state index contributed by atoms with van der Waals surface area (Å²) in [6, 6.07) is 54.8. The number of benzene rings is 7. The van der Waals surface area contributed by atoms with Crippen LogP contribution in [0.25, 0.3) is 87.9 Å². The summed E-state index contributed by atoms with van der Waals surface area (Å²) in [5.74, 6) is 1.81. The van der Waals surface area contributed by atoms with E-state index in [1.165, 1.54) is 51.5 Å². The monoisotopic (exact) mass is 841 g/mol. The van der Waals surface area contributed by atoms with Crippen LogP contribution in [-0.4, -0.2) is 20.9 Å². The number of aromatic nitrogens is 2. The van der Waals surface area contributed by atoms with Gasteiger partial charge in [-0.05, 0) is 109 Å². The number of fused-ring (bicyclic) bond motifs is 10. The van der Waals surface area contributed by atoms with Crippen LogP contribution in [0.2, 0.25) is 0 Å². The third kappa shape index (κ3) is 5.93. The van der Waals surface area contributed by atoms with Gasteiger partial charge in [-0.15, -0.1) is 0 Å². The number of allylic oxidation sites excluding steroid dienone is 6. The van der Waals surface area contributed by atoms with Gasteiger partial charge < -0.3 is 14.3 Å². The molecule has 3 aromatic heterocycles. The van der Waals surface area contributed by atoms with E-state index in [2.05, 4.69) is 198 Å². The van der Waals surface area contributed by atoms with Crippen LogP contribution < -0.4 is 5.32 Å². The molecule has 314 valence electrons. The summed E-state index contributed by atoms with van der Waals surface area (Å²) in [5, 5.41) is 10.7. The number of aliphatic imine (C=N–C) groups is 2. The average molecular weight is 842 g/mol. The number of hydrogen-bond acceptors (Lipinski definition) is 4. The van der Waals surface area contributed by atoms with Crippen LogP contribution in [0.3, 0.4) is 0 Å². The SMILES string of the molecule is CC1CC=CC=C1c1ccc(C2(C)N=C(n3c4ccccc4c4c(-c5ccc6c(c5)c5ccccc5n6C5=CCCCC5)cc5c6ccccc6oc5c43)N=C(c3ccccc3)N2)cc1. The lowest BCUT2D eigenvalue weighted by Crippen LogP contribution is -2.47. The molecule has 65 heavy (non-hydrogen) atoms. The Hall–Kier alpha value is -7.70. The second-order valence-electron chi connectivity index (χ2n) is 18.2. The Morgan fingerprint density at radius 3 is 2.18 bits per heavy atom. The standard InChI is InChI=1S/C59H47N5O/c1-37-17-9-10-22-43(37)38-29-32-41(33-30-38)59(2)61-57(39-18-5-3-6-19-39)60-58(62-59)64-51-27-15-12-25-46(51)54-47(36-49-45-24-13-16-28-53(45)65-56(49)55(54)64)40-31-34-52-48(35-40)44-23-11-14-26-50(44)63(52)42-20-7-4-8-21-42/h3,5-6,9-16,18-20,22-37H,4,7-8,17,21H2,1-2H3,(H,60,61,62). The molecular formula is C59H47N5O. The van der Waals surface area contributed by atoms with Gasteiger partial charge in [-0.2, -0.15) is 4.99 Å². The van der Waals surface area contributed by atoms with Crippen molar-refractivity contribution in [1.29, 1.82) is 0 Å². The van der Waals surface area contributed by atoms with Crippen LogP contribution in [0.5, 0.6) is 0 Å². The number of furan rings is 1. The Morgan fingerprint density at radius 1 is 0.662 bits per heavy atom. The van der Waals surface area contributed by atoms with E-state index in [0.29, 0.717) is 11.9 Å². The number of hydrogen-bond donors (Lipinski definition) is 1. The van der Waals surface area contributed by atoms with Crippen molar-refractivity contribution in [3.8, 4) is 11.1 Å². The van der Waals surface area contributed by atoms with Gasteiger partial charge in [0.1, 0.15) is 16.9 Å². The topological polar surface area (TPSA) is 59.8 Å². The van der Waals surface area contributed by atoms with Gasteiger partial charge in [0.15, 0.2) is 11.2 Å².